The van der Waals surface area contributed by atoms with Gasteiger partial charge in [0.2, 0.25) is 0 Å². The molecule has 3 saturated carbocycles. The first-order valence-corrected chi connectivity index (χ1v) is 17.9. The van der Waals surface area contributed by atoms with Crippen molar-refractivity contribution in [1.29, 1.82) is 0 Å². The lowest BCUT2D eigenvalue weighted by atomic mass is 9.37. The largest absolute Gasteiger partial charge is 0.468 e. The van der Waals surface area contributed by atoms with Crippen LogP contribution in [0.4, 0.5) is 0 Å². The van der Waals surface area contributed by atoms with Gasteiger partial charge < -0.3 is 58.0 Å². The maximum Gasteiger partial charge on any atom is 0.366 e. The predicted molar refractivity (Wildman–Crippen MR) is 165 cm³/mol. The van der Waals surface area contributed by atoms with E-state index in [1.165, 1.54) is 14.0 Å². The summed E-state index contributed by atoms with van der Waals surface area (Å²) in [7, 11) is 2.26. The van der Waals surface area contributed by atoms with Crippen molar-refractivity contribution in [3.8, 4) is 0 Å². The Morgan fingerprint density at radius 1 is 0.961 bits per heavy atom. The zero-order valence-corrected chi connectivity index (χ0v) is 29.9. The summed E-state index contributed by atoms with van der Waals surface area (Å²) < 4.78 is 54.5. The summed E-state index contributed by atoms with van der Waals surface area (Å²) >= 11 is 0. The minimum atomic E-state index is -2.79. The number of carbonyl (C=O) groups is 4. The first-order valence-electron chi connectivity index (χ1n) is 17.9. The zero-order valence-electron chi connectivity index (χ0n) is 29.9. The number of ether oxygens (including phenoxy) is 9. The summed E-state index contributed by atoms with van der Waals surface area (Å²) in [5.41, 5.74) is -9.31. The van der Waals surface area contributed by atoms with Crippen molar-refractivity contribution >= 4 is 23.9 Å². The van der Waals surface area contributed by atoms with Gasteiger partial charge in [0.15, 0.2) is 6.29 Å². The van der Waals surface area contributed by atoms with Gasteiger partial charge in [0.1, 0.15) is 34.4 Å². The first kappa shape index (κ1) is 35.6. The number of carbonyl (C=O) groups excluding carboxylic acids is 4. The Morgan fingerprint density at radius 2 is 1.67 bits per heavy atom. The molecule has 16 nitrogen and oxygen atoms in total. The van der Waals surface area contributed by atoms with E-state index in [4.69, 9.17) is 42.6 Å². The molecular formula is C35H48O16. The number of aliphatic hydroxyl groups excluding tert-OH is 1. The van der Waals surface area contributed by atoms with E-state index in [0.29, 0.717) is 12.8 Å². The lowest BCUT2D eigenvalue weighted by Gasteiger charge is -2.65. The molecule has 3 N–H and O–H groups in total. The topological polar surface area (TPSA) is 215 Å². The van der Waals surface area contributed by atoms with E-state index < -0.39 is 130 Å². The van der Waals surface area contributed by atoms with E-state index in [9.17, 15) is 34.5 Å². The van der Waals surface area contributed by atoms with Crippen LogP contribution in [0, 0.1) is 39.9 Å². The molecule has 0 aromatic carbocycles. The van der Waals surface area contributed by atoms with Crippen molar-refractivity contribution in [3.63, 3.8) is 0 Å². The summed E-state index contributed by atoms with van der Waals surface area (Å²) in [5, 5.41) is 37.6. The molecule has 2 bridgehead atoms. The third-order valence-electron chi connectivity index (χ3n) is 14.7. The SMILES string of the molecule is CCC(C)C(=O)O[C@H]1C[C@@H](OC(C)=O)[C@@]2(C(=O)OC)CO[C@H]3[C@@H](O)[C@@](C)([C@]45O[C@@]4(C)[C@H]4CC5O[C@@H]5OCC[C@@]54O)[C@H]4[C@]1(CO[C@]4(O)C(=O)OC)[C@@H]32. The minimum Gasteiger partial charge on any atom is -0.468 e. The number of fused-ring (bicyclic) bond motifs is 7. The molecule has 3 aliphatic carbocycles. The smallest absolute Gasteiger partial charge is 0.366 e. The second kappa shape index (κ2) is 10.8. The normalized spacial score (nSPS) is 54.7. The maximum atomic E-state index is 14.2. The van der Waals surface area contributed by atoms with Gasteiger partial charge in [-0.3, -0.25) is 14.4 Å². The van der Waals surface area contributed by atoms with Gasteiger partial charge in [0, 0.05) is 48.3 Å². The van der Waals surface area contributed by atoms with Crippen molar-refractivity contribution in [2.75, 3.05) is 34.0 Å². The monoisotopic (exact) mass is 724 g/mol. The third kappa shape index (κ3) is 3.78. The molecule has 5 aliphatic heterocycles. The Hall–Kier alpha value is -2.44. The van der Waals surface area contributed by atoms with Crippen LogP contribution in [0.5, 0.6) is 0 Å². The summed E-state index contributed by atoms with van der Waals surface area (Å²) in [5.74, 6) is -9.94. The number of esters is 4. The van der Waals surface area contributed by atoms with E-state index in [2.05, 4.69) is 0 Å². The summed E-state index contributed by atoms with van der Waals surface area (Å²) in [6, 6.07) is 0. The van der Waals surface area contributed by atoms with Gasteiger partial charge in [0.05, 0.1) is 58.3 Å². The van der Waals surface area contributed by atoms with Crippen LogP contribution in [0.25, 0.3) is 0 Å². The van der Waals surface area contributed by atoms with Crippen molar-refractivity contribution in [3.05, 3.63) is 0 Å². The number of hydrogen-bond donors (Lipinski definition) is 3. The van der Waals surface area contributed by atoms with Crippen LogP contribution in [0.1, 0.15) is 60.3 Å². The molecule has 8 aliphatic rings. The Kier molecular flexibility index (Phi) is 7.56. The maximum absolute atomic E-state index is 14.2. The first-order chi connectivity index (χ1) is 23.9. The molecule has 0 aromatic heterocycles. The quantitative estimate of drug-likeness (QED) is 0.175. The fraction of sp³-hybridized carbons (Fsp3) is 0.886. The van der Waals surface area contributed by atoms with E-state index in [1.54, 1.807) is 13.8 Å². The molecule has 0 aromatic rings. The van der Waals surface area contributed by atoms with Gasteiger partial charge in [-0.2, -0.15) is 0 Å². The molecule has 17 atom stereocenters. The lowest BCUT2D eigenvalue weighted by Crippen LogP contribution is -2.79. The highest BCUT2D eigenvalue weighted by atomic mass is 16.7. The number of hydrogen-bond acceptors (Lipinski definition) is 16. The zero-order chi connectivity index (χ0) is 36.9. The molecule has 0 amide bonds. The molecule has 5 heterocycles. The molecule has 8 rings (SSSR count). The molecule has 2 unspecified atom stereocenters. The molecule has 5 saturated heterocycles. The highest BCUT2D eigenvalue weighted by molar-refractivity contribution is 5.82. The van der Waals surface area contributed by atoms with Gasteiger partial charge in [-0.1, -0.05) is 20.8 Å². The van der Waals surface area contributed by atoms with E-state index in [0.717, 1.165) is 7.11 Å². The standard InChI is InChI=1S/C35H48O16/c1-8-15(2)24(38)49-18-12-19(48-16(3)36)32(26(39)43-6)13-46-21-22(32)31(18)14-47-34(42,27(40)44-7)25(31)29(4,23(21)37)35-20-11-17(30(35,5)51-35)33(41)9-10-45-28(33)50-20/h15,17-23,25,28,37,41-42H,8-14H2,1-7H3/t15?,17-,18+,19-,20?,21-,22-,23-,25+,28+,29-,30+,31+,32+,33+,34+,35+/m1/s1. The second-order valence-corrected chi connectivity index (χ2v) is 16.4. The van der Waals surface area contributed by atoms with Gasteiger partial charge in [-0.05, 0) is 19.8 Å². The van der Waals surface area contributed by atoms with Crippen LogP contribution in [0.3, 0.4) is 0 Å². The average molecular weight is 725 g/mol. The van der Waals surface area contributed by atoms with Crippen LogP contribution in [-0.2, 0) is 61.8 Å². The number of rotatable bonds is 7. The van der Waals surface area contributed by atoms with Gasteiger partial charge in [-0.25, -0.2) is 4.79 Å². The summed E-state index contributed by atoms with van der Waals surface area (Å²) in [4.78, 5) is 54.5. The summed E-state index contributed by atoms with van der Waals surface area (Å²) in [6.07, 6.45) is -6.41. The van der Waals surface area contributed by atoms with Crippen molar-refractivity contribution < 1.29 is 77.1 Å². The van der Waals surface area contributed by atoms with Crippen LogP contribution in [0.15, 0.2) is 0 Å². The molecule has 8 fully saturated rings. The van der Waals surface area contributed by atoms with Crippen molar-refractivity contribution in [1.82, 2.24) is 0 Å². The lowest BCUT2D eigenvalue weighted by molar-refractivity contribution is -0.317. The summed E-state index contributed by atoms with van der Waals surface area (Å²) in [6.45, 7) is 7.60. The fourth-order valence-corrected chi connectivity index (χ4v) is 12.6. The Bertz CT molecular complexity index is 1550. The predicted octanol–water partition coefficient (Wildman–Crippen LogP) is -0.247. The molecular weight excluding hydrogens is 676 g/mol. The van der Waals surface area contributed by atoms with Crippen LogP contribution >= 0.6 is 0 Å². The highest BCUT2D eigenvalue weighted by Crippen LogP contribution is 2.83. The van der Waals surface area contributed by atoms with E-state index >= 15 is 0 Å². The van der Waals surface area contributed by atoms with Gasteiger partial charge in [0.25, 0.3) is 5.79 Å². The third-order valence-corrected chi connectivity index (χ3v) is 14.7. The van der Waals surface area contributed by atoms with Crippen molar-refractivity contribution in [2.45, 2.75) is 120 Å². The van der Waals surface area contributed by atoms with E-state index in [1.807, 2.05) is 13.8 Å². The van der Waals surface area contributed by atoms with Crippen molar-refractivity contribution in [2.24, 2.45) is 39.9 Å². The van der Waals surface area contributed by atoms with Gasteiger partial charge >= 0.3 is 23.9 Å². The fourth-order valence-electron chi connectivity index (χ4n) is 12.6. The van der Waals surface area contributed by atoms with Crippen LogP contribution < -0.4 is 0 Å². The minimum absolute atomic E-state index is 0.254. The Morgan fingerprint density at radius 3 is 2.31 bits per heavy atom. The molecule has 16 heteroatoms. The molecule has 0 radical (unpaired) electrons. The van der Waals surface area contributed by atoms with Gasteiger partial charge in [-0.15, -0.1) is 0 Å². The van der Waals surface area contributed by atoms with Crippen LogP contribution in [-0.4, -0.2) is 133 Å². The van der Waals surface area contributed by atoms with Crippen LogP contribution in [0.2, 0.25) is 0 Å². The Balaban J connectivity index is 1.39. The Labute approximate surface area is 294 Å². The molecule has 284 valence electrons. The molecule has 1 spiro atoms. The van der Waals surface area contributed by atoms with E-state index in [-0.39, 0.29) is 26.1 Å². The second-order valence-electron chi connectivity index (χ2n) is 16.4. The highest BCUT2D eigenvalue weighted by Gasteiger charge is 2.97. The molecule has 51 heavy (non-hydrogen) atoms. The average Bonchev–Trinajstić information content (AvgIpc) is 3.47. The number of epoxide rings is 1. The number of methoxy groups -OCH3 is 2. The number of aliphatic hydroxyl groups is 3.